The van der Waals surface area contributed by atoms with Gasteiger partial charge in [0, 0.05) is 32.3 Å². The SMILES string of the molecule is COCCCOCCC(CBr)Cc1ccccc1C. The third kappa shape index (κ3) is 7.09. The molecule has 0 N–H and O–H groups in total. The summed E-state index contributed by atoms with van der Waals surface area (Å²) in [7, 11) is 1.73. The van der Waals surface area contributed by atoms with E-state index < -0.39 is 0 Å². The molecule has 0 aliphatic carbocycles. The zero-order valence-electron chi connectivity index (χ0n) is 12.0. The molecule has 1 unspecified atom stereocenters. The van der Waals surface area contributed by atoms with Crippen LogP contribution in [0, 0.1) is 12.8 Å². The fraction of sp³-hybridized carbons (Fsp3) is 0.625. The molecule has 1 aromatic carbocycles. The Bertz CT molecular complexity index is 341. The maximum atomic E-state index is 5.64. The molecule has 0 amide bonds. The first-order chi connectivity index (χ1) is 9.27. The summed E-state index contributed by atoms with van der Waals surface area (Å²) in [4.78, 5) is 0. The summed E-state index contributed by atoms with van der Waals surface area (Å²) in [6.07, 6.45) is 3.21. The van der Waals surface area contributed by atoms with Crippen LogP contribution < -0.4 is 0 Å². The molecule has 1 atom stereocenters. The van der Waals surface area contributed by atoms with Crippen LogP contribution in [0.3, 0.4) is 0 Å². The number of hydrogen-bond acceptors (Lipinski definition) is 2. The molecule has 0 aromatic heterocycles. The molecule has 19 heavy (non-hydrogen) atoms. The minimum Gasteiger partial charge on any atom is -0.385 e. The van der Waals surface area contributed by atoms with E-state index in [1.54, 1.807) is 7.11 Å². The van der Waals surface area contributed by atoms with E-state index in [0.29, 0.717) is 5.92 Å². The van der Waals surface area contributed by atoms with Crippen LogP contribution in [0.4, 0.5) is 0 Å². The van der Waals surface area contributed by atoms with Gasteiger partial charge in [-0.05, 0) is 43.2 Å². The predicted molar refractivity (Wildman–Crippen MR) is 84.1 cm³/mol. The first kappa shape index (κ1) is 16.7. The van der Waals surface area contributed by atoms with Gasteiger partial charge in [0.15, 0.2) is 0 Å². The lowest BCUT2D eigenvalue weighted by Crippen LogP contribution is -2.11. The summed E-state index contributed by atoms with van der Waals surface area (Å²) in [5.74, 6) is 0.642. The smallest absolute Gasteiger partial charge is 0.0487 e. The number of methoxy groups -OCH3 is 1. The van der Waals surface area contributed by atoms with Gasteiger partial charge in [-0.2, -0.15) is 0 Å². The highest BCUT2D eigenvalue weighted by atomic mass is 79.9. The number of rotatable bonds is 10. The van der Waals surface area contributed by atoms with Crippen molar-refractivity contribution in [1.29, 1.82) is 0 Å². The average molecular weight is 329 g/mol. The molecular weight excluding hydrogens is 304 g/mol. The maximum absolute atomic E-state index is 5.64. The molecular formula is C16H25BrO2. The molecule has 0 heterocycles. The van der Waals surface area contributed by atoms with Gasteiger partial charge in [-0.15, -0.1) is 0 Å². The van der Waals surface area contributed by atoms with Gasteiger partial charge in [0.1, 0.15) is 0 Å². The number of benzene rings is 1. The van der Waals surface area contributed by atoms with Gasteiger partial charge < -0.3 is 9.47 Å². The maximum Gasteiger partial charge on any atom is 0.0487 e. The first-order valence-corrected chi connectivity index (χ1v) is 8.07. The van der Waals surface area contributed by atoms with E-state index in [0.717, 1.165) is 44.4 Å². The number of halogens is 1. The highest BCUT2D eigenvalue weighted by Crippen LogP contribution is 2.17. The Balaban J connectivity index is 2.24. The Morgan fingerprint density at radius 2 is 1.95 bits per heavy atom. The van der Waals surface area contributed by atoms with Crippen molar-refractivity contribution in [3.63, 3.8) is 0 Å². The Kier molecular flexibility index (Phi) is 9.14. The number of alkyl halides is 1. The third-order valence-electron chi connectivity index (χ3n) is 3.30. The van der Waals surface area contributed by atoms with Crippen LogP contribution in [0.5, 0.6) is 0 Å². The standard InChI is InChI=1S/C16H25BrO2/c1-14-6-3-4-7-16(14)12-15(13-17)8-11-19-10-5-9-18-2/h3-4,6-7,15H,5,8-13H2,1-2H3. The summed E-state index contributed by atoms with van der Waals surface area (Å²) in [5.41, 5.74) is 2.83. The van der Waals surface area contributed by atoms with Gasteiger partial charge in [-0.3, -0.25) is 0 Å². The van der Waals surface area contributed by atoms with Crippen LogP contribution in [0.25, 0.3) is 0 Å². The zero-order chi connectivity index (χ0) is 13.9. The minimum atomic E-state index is 0.642. The van der Waals surface area contributed by atoms with Crippen LogP contribution in [0.2, 0.25) is 0 Å². The molecule has 0 aliphatic rings. The van der Waals surface area contributed by atoms with Crippen LogP contribution in [0.1, 0.15) is 24.0 Å². The second-order valence-corrected chi connectivity index (χ2v) is 5.55. The van der Waals surface area contributed by atoms with Crippen molar-refractivity contribution in [2.75, 3.05) is 32.3 Å². The van der Waals surface area contributed by atoms with Gasteiger partial charge in [-0.1, -0.05) is 40.2 Å². The monoisotopic (exact) mass is 328 g/mol. The molecule has 0 spiro atoms. The van der Waals surface area contributed by atoms with E-state index in [2.05, 4.69) is 47.1 Å². The molecule has 0 radical (unpaired) electrons. The van der Waals surface area contributed by atoms with Crippen molar-refractivity contribution in [2.24, 2.45) is 5.92 Å². The van der Waals surface area contributed by atoms with Crippen molar-refractivity contribution in [1.82, 2.24) is 0 Å². The summed E-state index contributed by atoms with van der Waals surface area (Å²) in [5, 5.41) is 1.03. The molecule has 0 saturated carbocycles. The second kappa shape index (κ2) is 10.4. The molecule has 108 valence electrons. The van der Waals surface area contributed by atoms with E-state index in [9.17, 15) is 0 Å². The van der Waals surface area contributed by atoms with Gasteiger partial charge in [-0.25, -0.2) is 0 Å². The summed E-state index contributed by atoms with van der Waals surface area (Å²) < 4.78 is 10.6. The summed E-state index contributed by atoms with van der Waals surface area (Å²) in [6, 6.07) is 8.63. The van der Waals surface area contributed by atoms with E-state index in [1.165, 1.54) is 11.1 Å². The largest absolute Gasteiger partial charge is 0.385 e. The van der Waals surface area contributed by atoms with Gasteiger partial charge in [0.25, 0.3) is 0 Å². The third-order valence-corrected chi connectivity index (χ3v) is 4.21. The van der Waals surface area contributed by atoms with Crippen molar-refractivity contribution >= 4 is 15.9 Å². The molecule has 0 saturated heterocycles. The molecule has 2 nitrogen and oxygen atoms in total. The van der Waals surface area contributed by atoms with Gasteiger partial charge >= 0.3 is 0 Å². The van der Waals surface area contributed by atoms with Gasteiger partial charge in [0.2, 0.25) is 0 Å². The first-order valence-electron chi connectivity index (χ1n) is 6.95. The zero-order valence-corrected chi connectivity index (χ0v) is 13.6. The topological polar surface area (TPSA) is 18.5 Å². The number of aryl methyl sites for hydroxylation is 1. The van der Waals surface area contributed by atoms with Crippen LogP contribution >= 0.6 is 15.9 Å². The molecule has 0 bridgehead atoms. The Hall–Kier alpha value is -0.380. The predicted octanol–water partition coefficient (Wildman–Crippen LogP) is 3.99. The molecule has 3 heteroatoms. The van der Waals surface area contributed by atoms with Crippen molar-refractivity contribution in [2.45, 2.75) is 26.2 Å². The quantitative estimate of drug-likeness (QED) is 0.477. The van der Waals surface area contributed by atoms with E-state index in [-0.39, 0.29) is 0 Å². The van der Waals surface area contributed by atoms with Crippen molar-refractivity contribution < 1.29 is 9.47 Å². The van der Waals surface area contributed by atoms with Crippen LogP contribution in [-0.4, -0.2) is 32.3 Å². The molecule has 0 fully saturated rings. The molecule has 1 rings (SSSR count). The number of ether oxygens (including phenoxy) is 2. The lowest BCUT2D eigenvalue weighted by Gasteiger charge is -2.15. The Morgan fingerprint density at radius 3 is 2.63 bits per heavy atom. The van der Waals surface area contributed by atoms with Crippen LogP contribution in [0.15, 0.2) is 24.3 Å². The normalized spacial score (nSPS) is 12.6. The lowest BCUT2D eigenvalue weighted by atomic mass is 9.95. The highest BCUT2D eigenvalue weighted by Gasteiger charge is 2.09. The van der Waals surface area contributed by atoms with Crippen molar-refractivity contribution in [3.05, 3.63) is 35.4 Å². The molecule has 0 aliphatic heterocycles. The highest BCUT2D eigenvalue weighted by molar-refractivity contribution is 9.09. The average Bonchev–Trinajstić information content (AvgIpc) is 2.43. The van der Waals surface area contributed by atoms with E-state index >= 15 is 0 Å². The van der Waals surface area contributed by atoms with Crippen molar-refractivity contribution in [3.8, 4) is 0 Å². The fourth-order valence-electron chi connectivity index (χ4n) is 2.04. The lowest BCUT2D eigenvalue weighted by molar-refractivity contribution is 0.0953. The van der Waals surface area contributed by atoms with Crippen LogP contribution in [-0.2, 0) is 15.9 Å². The fourth-order valence-corrected chi connectivity index (χ4v) is 2.59. The Morgan fingerprint density at radius 1 is 1.16 bits per heavy atom. The molecule has 1 aromatic rings. The summed E-state index contributed by atoms with van der Waals surface area (Å²) in [6.45, 7) is 4.60. The number of hydrogen-bond donors (Lipinski definition) is 0. The second-order valence-electron chi connectivity index (χ2n) is 4.90. The van der Waals surface area contributed by atoms with E-state index in [1.807, 2.05) is 0 Å². The van der Waals surface area contributed by atoms with Gasteiger partial charge in [0.05, 0.1) is 0 Å². The Labute approximate surface area is 125 Å². The van der Waals surface area contributed by atoms with E-state index in [4.69, 9.17) is 9.47 Å². The summed E-state index contributed by atoms with van der Waals surface area (Å²) >= 11 is 3.62. The minimum absolute atomic E-state index is 0.642.